The van der Waals surface area contributed by atoms with Gasteiger partial charge in [-0.2, -0.15) is 4.39 Å². The normalized spacial score (nSPS) is 14.5. The molecule has 0 aromatic carbocycles. The van der Waals surface area contributed by atoms with Crippen molar-refractivity contribution in [2.45, 2.75) is 25.5 Å². The largest absolute Gasteiger partial charge is 0.591 e. The zero-order valence-corrected chi connectivity index (χ0v) is 9.71. The summed E-state index contributed by atoms with van der Waals surface area (Å²) in [5.41, 5.74) is 0.368. The Labute approximate surface area is 91.8 Å². The van der Waals surface area contributed by atoms with Gasteiger partial charge in [0.15, 0.2) is 0 Å². The van der Waals surface area contributed by atoms with Gasteiger partial charge in [0, 0.05) is 0 Å². The molecule has 15 heavy (non-hydrogen) atoms. The minimum absolute atomic E-state index is 0.368. The summed E-state index contributed by atoms with van der Waals surface area (Å²) in [6, 6.07) is 4.38. The predicted molar refractivity (Wildman–Crippen MR) is 59.7 cm³/mol. The SMILES string of the molecule is CC(C)(C)[S+]([O-])N=Cc1cccc(F)n1. The lowest BCUT2D eigenvalue weighted by atomic mass is 10.3. The molecule has 0 saturated heterocycles. The molecule has 0 amide bonds. The second-order valence-electron chi connectivity index (χ2n) is 3.98. The van der Waals surface area contributed by atoms with Crippen molar-refractivity contribution in [3.63, 3.8) is 0 Å². The quantitative estimate of drug-likeness (QED) is 0.442. The number of rotatable bonds is 2. The highest BCUT2D eigenvalue weighted by atomic mass is 32.2. The van der Waals surface area contributed by atoms with Crippen LogP contribution in [0.2, 0.25) is 0 Å². The van der Waals surface area contributed by atoms with Gasteiger partial charge in [0.1, 0.15) is 22.3 Å². The molecule has 0 N–H and O–H groups in total. The molecule has 1 rings (SSSR count). The lowest BCUT2D eigenvalue weighted by Gasteiger charge is -2.17. The molecule has 0 spiro atoms. The third kappa shape index (κ3) is 3.97. The zero-order valence-electron chi connectivity index (χ0n) is 8.90. The Kier molecular flexibility index (Phi) is 3.82. The summed E-state index contributed by atoms with van der Waals surface area (Å²) in [7, 11) is 0. The summed E-state index contributed by atoms with van der Waals surface area (Å²) in [4.78, 5) is 3.58. The molecule has 0 aliphatic rings. The molecule has 1 heterocycles. The Morgan fingerprint density at radius 2 is 2.13 bits per heavy atom. The topological polar surface area (TPSA) is 48.3 Å². The molecule has 0 aliphatic carbocycles. The van der Waals surface area contributed by atoms with Crippen molar-refractivity contribution in [1.82, 2.24) is 4.98 Å². The molecule has 0 fully saturated rings. The molecule has 1 atom stereocenters. The van der Waals surface area contributed by atoms with Crippen LogP contribution in [-0.4, -0.2) is 20.5 Å². The highest BCUT2D eigenvalue weighted by Gasteiger charge is 2.25. The van der Waals surface area contributed by atoms with Crippen LogP contribution in [-0.2, 0) is 11.4 Å². The average molecular weight is 228 g/mol. The number of halogens is 1. The maximum Gasteiger partial charge on any atom is 0.213 e. The van der Waals surface area contributed by atoms with Gasteiger partial charge < -0.3 is 4.55 Å². The van der Waals surface area contributed by atoms with E-state index in [0.717, 1.165) is 0 Å². The van der Waals surface area contributed by atoms with Crippen molar-refractivity contribution in [2.24, 2.45) is 4.40 Å². The monoisotopic (exact) mass is 228 g/mol. The number of hydrogen-bond donors (Lipinski definition) is 0. The molecule has 1 aromatic heterocycles. The summed E-state index contributed by atoms with van der Waals surface area (Å²) in [5, 5.41) is 0. The molecule has 0 saturated carbocycles. The van der Waals surface area contributed by atoms with Crippen LogP contribution in [0.15, 0.2) is 22.6 Å². The number of aromatic nitrogens is 1. The predicted octanol–water partition coefficient (Wildman–Crippen LogP) is 2.10. The van der Waals surface area contributed by atoms with Crippen molar-refractivity contribution in [3.8, 4) is 0 Å². The summed E-state index contributed by atoms with van der Waals surface area (Å²) in [6.45, 7) is 5.46. The summed E-state index contributed by atoms with van der Waals surface area (Å²) in [5.74, 6) is -0.569. The first kappa shape index (κ1) is 12.1. The van der Waals surface area contributed by atoms with E-state index in [-0.39, 0.29) is 0 Å². The number of hydrogen-bond acceptors (Lipinski definition) is 3. The fourth-order valence-electron chi connectivity index (χ4n) is 0.756. The molecular formula is C10H13FN2OS. The smallest absolute Gasteiger partial charge is 0.213 e. The first-order valence-electron chi connectivity index (χ1n) is 4.48. The minimum atomic E-state index is -1.34. The first-order valence-corrected chi connectivity index (χ1v) is 5.59. The highest BCUT2D eigenvalue weighted by Crippen LogP contribution is 2.16. The van der Waals surface area contributed by atoms with E-state index in [1.54, 1.807) is 6.07 Å². The van der Waals surface area contributed by atoms with Gasteiger partial charge >= 0.3 is 0 Å². The van der Waals surface area contributed by atoms with Gasteiger partial charge in [-0.3, -0.25) is 0 Å². The number of nitrogens with zero attached hydrogens (tertiary/aromatic N) is 2. The fourth-order valence-corrected chi connectivity index (χ4v) is 1.28. The Hall–Kier alpha value is -0.940. The highest BCUT2D eigenvalue weighted by molar-refractivity contribution is 7.91. The molecule has 0 radical (unpaired) electrons. The molecule has 82 valence electrons. The van der Waals surface area contributed by atoms with Crippen LogP contribution >= 0.6 is 0 Å². The summed E-state index contributed by atoms with van der Waals surface area (Å²) < 4.78 is 27.6. The second-order valence-corrected chi connectivity index (χ2v) is 5.92. The van der Waals surface area contributed by atoms with E-state index in [9.17, 15) is 8.94 Å². The summed E-state index contributed by atoms with van der Waals surface area (Å²) in [6.07, 6.45) is 1.32. The average Bonchev–Trinajstić information content (AvgIpc) is 2.12. The third-order valence-corrected chi connectivity index (χ3v) is 2.89. The van der Waals surface area contributed by atoms with E-state index < -0.39 is 22.1 Å². The van der Waals surface area contributed by atoms with E-state index in [2.05, 4.69) is 9.38 Å². The first-order chi connectivity index (χ1) is 6.89. The Balaban J connectivity index is 2.74. The van der Waals surface area contributed by atoms with Crippen LogP contribution in [0.5, 0.6) is 0 Å². The van der Waals surface area contributed by atoms with Crippen molar-refractivity contribution < 1.29 is 8.94 Å². The van der Waals surface area contributed by atoms with E-state index in [1.807, 2.05) is 20.8 Å². The Morgan fingerprint density at radius 1 is 1.47 bits per heavy atom. The van der Waals surface area contributed by atoms with E-state index >= 15 is 0 Å². The Bertz CT molecular complexity index is 363. The standard InChI is InChI=1S/C10H13FN2OS/c1-10(2,3)15(14)12-7-8-5-4-6-9(11)13-8/h4-7H,1-3H3. The van der Waals surface area contributed by atoms with Crippen molar-refractivity contribution in [3.05, 3.63) is 29.8 Å². The molecule has 3 nitrogen and oxygen atoms in total. The van der Waals surface area contributed by atoms with Crippen LogP contribution in [0.4, 0.5) is 4.39 Å². The van der Waals surface area contributed by atoms with Gasteiger partial charge in [-0.15, -0.1) is 0 Å². The van der Waals surface area contributed by atoms with Gasteiger partial charge in [0.2, 0.25) is 5.95 Å². The van der Waals surface area contributed by atoms with E-state index in [4.69, 9.17) is 0 Å². The summed E-state index contributed by atoms with van der Waals surface area (Å²) >= 11 is -1.34. The number of pyridine rings is 1. The van der Waals surface area contributed by atoms with Crippen molar-refractivity contribution in [2.75, 3.05) is 0 Å². The van der Waals surface area contributed by atoms with Gasteiger partial charge in [-0.05, 0) is 32.9 Å². The molecule has 0 aliphatic heterocycles. The fraction of sp³-hybridized carbons (Fsp3) is 0.400. The molecular weight excluding hydrogens is 215 g/mol. The molecule has 5 heteroatoms. The molecule has 1 aromatic rings. The van der Waals surface area contributed by atoms with Gasteiger partial charge in [0.05, 0.1) is 5.69 Å². The van der Waals surface area contributed by atoms with Gasteiger partial charge in [0.25, 0.3) is 0 Å². The maximum atomic E-state index is 12.7. The van der Waals surface area contributed by atoms with Crippen molar-refractivity contribution >= 4 is 17.6 Å². The van der Waals surface area contributed by atoms with Crippen LogP contribution in [0.1, 0.15) is 26.5 Å². The van der Waals surface area contributed by atoms with Crippen molar-refractivity contribution in [1.29, 1.82) is 0 Å². The lowest BCUT2D eigenvalue weighted by Crippen LogP contribution is -2.25. The second kappa shape index (κ2) is 4.72. The van der Waals surface area contributed by atoms with Crippen LogP contribution in [0, 0.1) is 5.95 Å². The van der Waals surface area contributed by atoms with Crippen LogP contribution < -0.4 is 0 Å². The zero-order chi connectivity index (χ0) is 11.5. The Morgan fingerprint density at radius 3 is 2.67 bits per heavy atom. The maximum absolute atomic E-state index is 12.7. The van der Waals surface area contributed by atoms with E-state index in [0.29, 0.717) is 5.69 Å². The van der Waals surface area contributed by atoms with E-state index in [1.165, 1.54) is 18.3 Å². The lowest BCUT2D eigenvalue weighted by molar-refractivity contribution is 0.561. The van der Waals surface area contributed by atoms with Gasteiger partial charge in [-0.25, -0.2) is 4.98 Å². The molecule has 1 unspecified atom stereocenters. The molecule has 0 bridgehead atoms. The third-order valence-electron chi connectivity index (χ3n) is 1.54. The van der Waals surface area contributed by atoms with Gasteiger partial charge in [-0.1, -0.05) is 10.5 Å². The van der Waals surface area contributed by atoms with Crippen LogP contribution in [0.25, 0.3) is 0 Å². The minimum Gasteiger partial charge on any atom is -0.591 e. The van der Waals surface area contributed by atoms with Crippen LogP contribution in [0.3, 0.4) is 0 Å².